The van der Waals surface area contributed by atoms with E-state index in [1.54, 1.807) is 0 Å². The van der Waals surface area contributed by atoms with Crippen LogP contribution in [0.3, 0.4) is 0 Å². The lowest BCUT2D eigenvalue weighted by Crippen LogP contribution is -2.19. The van der Waals surface area contributed by atoms with Crippen molar-refractivity contribution in [2.24, 2.45) is 11.7 Å². The summed E-state index contributed by atoms with van der Waals surface area (Å²) in [5, 5.41) is 11.4. The second-order valence-corrected chi connectivity index (χ2v) is 4.24. The molecular formula is C15H16N2. The molecule has 0 saturated carbocycles. The molecule has 17 heavy (non-hydrogen) atoms. The zero-order chi connectivity index (χ0) is 12.3. The normalized spacial score (nSPS) is 14.2. The van der Waals surface area contributed by atoms with Gasteiger partial charge in [0.15, 0.2) is 0 Å². The lowest BCUT2D eigenvalue weighted by molar-refractivity contribution is 0.520. The van der Waals surface area contributed by atoms with Crippen molar-refractivity contribution in [3.8, 4) is 6.07 Å². The number of rotatable bonds is 3. The fourth-order valence-corrected chi connectivity index (χ4v) is 2.18. The Hall–Kier alpha value is -1.85. The quantitative estimate of drug-likeness (QED) is 0.868. The Morgan fingerprint density at radius 3 is 2.59 bits per heavy atom. The van der Waals surface area contributed by atoms with Gasteiger partial charge in [-0.15, -0.1) is 0 Å². The van der Waals surface area contributed by atoms with Crippen LogP contribution in [0.2, 0.25) is 0 Å². The lowest BCUT2D eigenvalue weighted by Gasteiger charge is -2.18. The third kappa shape index (κ3) is 2.15. The van der Waals surface area contributed by atoms with Gasteiger partial charge in [-0.1, -0.05) is 49.4 Å². The van der Waals surface area contributed by atoms with Gasteiger partial charge >= 0.3 is 0 Å². The molecule has 0 aliphatic carbocycles. The van der Waals surface area contributed by atoms with Crippen molar-refractivity contribution in [1.82, 2.24) is 0 Å². The van der Waals surface area contributed by atoms with E-state index in [9.17, 15) is 0 Å². The Kier molecular flexibility index (Phi) is 3.41. The molecule has 2 unspecified atom stereocenters. The van der Waals surface area contributed by atoms with Gasteiger partial charge in [0.2, 0.25) is 0 Å². The van der Waals surface area contributed by atoms with Crippen molar-refractivity contribution < 1.29 is 0 Å². The Morgan fingerprint density at radius 1 is 1.18 bits per heavy atom. The first kappa shape index (κ1) is 11.6. The molecule has 0 aromatic heterocycles. The number of nitrogens with zero attached hydrogens (tertiary/aromatic N) is 1. The van der Waals surface area contributed by atoms with Gasteiger partial charge in [-0.2, -0.15) is 5.26 Å². The van der Waals surface area contributed by atoms with Gasteiger partial charge in [0, 0.05) is 6.04 Å². The fraction of sp³-hybridized carbons (Fsp3) is 0.267. The summed E-state index contributed by atoms with van der Waals surface area (Å²) in [6.07, 6.45) is 0.779. The van der Waals surface area contributed by atoms with Crippen molar-refractivity contribution in [2.75, 3.05) is 0 Å². The van der Waals surface area contributed by atoms with Gasteiger partial charge in [0.25, 0.3) is 0 Å². The highest BCUT2D eigenvalue weighted by atomic mass is 14.7. The van der Waals surface area contributed by atoms with Crippen LogP contribution in [0.25, 0.3) is 10.8 Å². The van der Waals surface area contributed by atoms with E-state index < -0.39 is 0 Å². The maximum atomic E-state index is 9.10. The molecule has 2 heteroatoms. The van der Waals surface area contributed by atoms with Crippen LogP contribution in [0, 0.1) is 17.2 Å². The van der Waals surface area contributed by atoms with E-state index in [0.29, 0.717) is 0 Å². The van der Waals surface area contributed by atoms with E-state index in [1.165, 1.54) is 5.39 Å². The highest BCUT2D eigenvalue weighted by Crippen LogP contribution is 2.28. The molecule has 0 fully saturated rings. The summed E-state index contributed by atoms with van der Waals surface area (Å²) < 4.78 is 0. The van der Waals surface area contributed by atoms with Gasteiger partial charge < -0.3 is 5.73 Å². The minimum atomic E-state index is -0.212. The monoisotopic (exact) mass is 224 g/mol. The number of nitriles is 1. The van der Waals surface area contributed by atoms with E-state index in [2.05, 4.69) is 24.3 Å². The van der Waals surface area contributed by atoms with Crippen molar-refractivity contribution in [2.45, 2.75) is 19.4 Å². The van der Waals surface area contributed by atoms with Crippen LogP contribution in [0.5, 0.6) is 0 Å². The van der Waals surface area contributed by atoms with E-state index in [1.807, 2.05) is 31.2 Å². The number of hydrogen-bond acceptors (Lipinski definition) is 2. The molecule has 0 spiro atoms. The summed E-state index contributed by atoms with van der Waals surface area (Å²) >= 11 is 0. The zero-order valence-corrected chi connectivity index (χ0v) is 9.93. The van der Waals surface area contributed by atoms with E-state index >= 15 is 0 Å². The number of hydrogen-bond donors (Lipinski definition) is 1. The highest BCUT2D eigenvalue weighted by molar-refractivity contribution is 5.86. The van der Waals surface area contributed by atoms with Gasteiger partial charge in [0.1, 0.15) is 0 Å². The molecule has 2 nitrogen and oxygen atoms in total. The zero-order valence-electron chi connectivity index (χ0n) is 9.93. The largest absolute Gasteiger partial charge is 0.323 e. The molecule has 0 heterocycles. The molecular weight excluding hydrogens is 208 g/mol. The third-order valence-electron chi connectivity index (χ3n) is 3.22. The van der Waals surface area contributed by atoms with Crippen LogP contribution >= 0.6 is 0 Å². The Morgan fingerprint density at radius 2 is 1.88 bits per heavy atom. The topological polar surface area (TPSA) is 49.8 Å². The second-order valence-electron chi connectivity index (χ2n) is 4.24. The summed E-state index contributed by atoms with van der Waals surface area (Å²) in [5.74, 6) is -0.124. The Labute approximate surface area is 102 Å². The minimum absolute atomic E-state index is 0.124. The molecule has 2 atom stereocenters. The van der Waals surface area contributed by atoms with Crippen molar-refractivity contribution >= 4 is 10.8 Å². The number of benzene rings is 2. The minimum Gasteiger partial charge on any atom is -0.323 e. The molecule has 2 aromatic rings. The summed E-state index contributed by atoms with van der Waals surface area (Å²) in [4.78, 5) is 0. The standard InChI is InChI=1S/C15H16N2/c1-2-11(10-16)15(17)14-9-5-7-12-6-3-4-8-13(12)14/h3-9,11,15H,2,17H2,1H3. The van der Waals surface area contributed by atoms with Crippen LogP contribution in [0.1, 0.15) is 24.9 Å². The van der Waals surface area contributed by atoms with E-state index in [4.69, 9.17) is 11.0 Å². The molecule has 2 N–H and O–H groups in total. The van der Waals surface area contributed by atoms with Crippen molar-refractivity contribution in [3.63, 3.8) is 0 Å². The predicted molar refractivity (Wildman–Crippen MR) is 70.3 cm³/mol. The van der Waals surface area contributed by atoms with E-state index in [0.717, 1.165) is 17.4 Å². The van der Waals surface area contributed by atoms with Crippen molar-refractivity contribution in [3.05, 3.63) is 48.0 Å². The molecule has 0 radical (unpaired) electrons. The van der Waals surface area contributed by atoms with Crippen molar-refractivity contribution in [1.29, 1.82) is 5.26 Å². The molecule has 0 saturated heterocycles. The summed E-state index contributed by atoms with van der Waals surface area (Å²) in [7, 11) is 0. The van der Waals surface area contributed by atoms with Crippen LogP contribution in [-0.4, -0.2) is 0 Å². The first-order valence-corrected chi connectivity index (χ1v) is 5.90. The summed E-state index contributed by atoms with van der Waals surface area (Å²) in [6.45, 7) is 2.00. The van der Waals surface area contributed by atoms with E-state index in [-0.39, 0.29) is 12.0 Å². The number of fused-ring (bicyclic) bond motifs is 1. The van der Waals surface area contributed by atoms with Crippen LogP contribution in [0.4, 0.5) is 0 Å². The molecule has 0 aliphatic rings. The van der Waals surface area contributed by atoms with Crippen LogP contribution in [0.15, 0.2) is 42.5 Å². The summed E-state index contributed by atoms with van der Waals surface area (Å²) in [5.41, 5.74) is 7.27. The molecule has 0 aliphatic heterocycles. The average Bonchev–Trinajstić information content (AvgIpc) is 2.39. The molecule has 2 aromatic carbocycles. The van der Waals surface area contributed by atoms with Crippen LogP contribution in [-0.2, 0) is 0 Å². The molecule has 0 amide bonds. The van der Waals surface area contributed by atoms with Gasteiger partial charge in [-0.25, -0.2) is 0 Å². The first-order valence-electron chi connectivity index (χ1n) is 5.90. The smallest absolute Gasteiger partial charge is 0.0675 e. The third-order valence-corrected chi connectivity index (χ3v) is 3.22. The number of nitrogens with two attached hydrogens (primary N) is 1. The van der Waals surface area contributed by atoms with Gasteiger partial charge in [0.05, 0.1) is 12.0 Å². The van der Waals surface area contributed by atoms with Crippen LogP contribution < -0.4 is 5.73 Å². The summed E-state index contributed by atoms with van der Waals surface area (Å²) in [6, 6.07) is 16.3. The first-order chi connectivity index (χ1) is 8.27. The highest BCUT2D eigenvalue weighted by Gasteiger charge is 2.18. The fourth-order valence-electron chi connectivity index (χ4n) is 2.18. The molecule has 0 bridgehead atoms. The molecule has 2 rings (SSSR count). The molecule has 86 valence electrons. The average molecular weight is 224 g/mol. The Bertz CT molecular complexity index is 549. The lowest BCUT2D eigenvalue weighted by atomic mass is 9.89. The van der Waals surface area contributed by atoms with Gasteiger partial charge in [-0.3, -0.25) is 0 Å². The SMILES string of the molecule is CCC(C#N)C(N)c1cccc2ccccc12. The maximum Gasteiger partial charge on any atom is 0.0675 e. The second kappa shape index (κ2) is 4.99. The Balaban J connectivity index is 2.52. The predicted octanol–water partition coefficient (Wildman–Crippen LogP) is 3.39. The maximum absolute atomic E-state index is 9.10. The van der Waals surface area contributed by atoms with Gasteiger partial charge in [-0.05, 0) is 22.8 Å².